The number of amides is 3. The second kappa shape index (κ2) is 13.0. The van der Waals surface area contributed by atoms with Crippen LogP contribution in [0.4, 0.5) is 23.1 Å². The summed E-state index contributed by atoms with van der Waals surface area (Å²) in [6, 6.07) is -0.385. The second-order valence-corrected chi connectivity index (χ2v) is 7.19. The van der Waals surface area contributed by atoms with Gasteiger partial charge in [-0.05, 0) is 37.1 Å². The molecule has 15 nitrogen and oxygen atoms in total. The van der Waals surface area contributed by atoms with Gasteiger partial charge in [-0.3, -0.25) is 24.2 Å². The molecule has 0 saturated carbocycles. The Kier molecular flexibility index (Phi) is 8.34. The number of carbonyl (C=O) groups is 5. The van der Waals surface area contributed by atoms with E-state index >= 15 is 0 Å². The molecular formula is C21H21CaN7O8. The fourth-order valence-electron chi connectivity index (χ4n) is 3.13. The number of nitrogens with two attached hydrogens (primary N) is 1. The Labute approximate surface area is 244 Å². The second-order valence-electron chi connectivity index (χ2n) is 7.19. The number of aliphatic carboxylic acids is 2. The zero-order chi connectivity index (χ0) is 30.0. The van der Waals surface area contributed by atoms with Crippen molar-refractivity contribution in [3.8, 4) is 0 Å². The molecule has 190 valence electrons. The normalized spacial score (nSPS) is 20.6. The minimum absolute atomic E-state index is 0. The van der Waals surface area contributed by atoms with E-state index in [-0.39, 0.29) is 73.6 Å². The van der Waals surface area contributed by atoms with Crippen LogP contribution in [0.2, 0.25) is 0 Å². The molecule has 1 aromatic heterocycles. The first-order valence-corrected chi connectivity index (χ1v) is 10.1. The molecule has 1 aliphatic heterocycles. The number of anilines is 4. The van der Waals surface area contributed by atoms with E-state index in [2.05, 4.69) is 20.6 Å². The van der Waals surface area contributed by atoms with E-state index < -0.39 is 67.0 Å². The van der Waals surface area contributed by atoms with Crippen LogP contribution in [-0.4, -0.2) is 103 Å². The van der Waals surface area contributed by atoms with E-state index in [1.165, 1.54) is 0 Å². The maximum absolute atomic E-state index is 12.5. The summed E-state index contributed by atoms with van der Waals surface area (Å²) in [7, 11) is 0. The van der Waals surface area contributed by atoms with E-state index in [1.54, 1.807) is 0 Å². The standard InChI is InChI=1S/C21H23N7O8.Ca/c22-21-25-17-16(19(34)26-21)28(10-30)13(7-23-17)8-27(9-29)12-3-1-11(2-4-12)18(33)24-14(20(35)36)5-6-15(31)32;/h1-4,9-10,13-14H,5-8H2,(H,24,33)(H,31,32)(H,35,36)(H4,22,23,25,26,34);/q;+2/p-2/t13?,14-;/m0./s1/i7D,8D2,13D;/t7?,13?,14-;. The minimum Gasteiger partial charge on any atom is -0.550 e. The zero-order valence-corrected chi connectivity index (χ0v) is 21.1. The summed E-state index contributed by atoms with van der Waals surface area (Å²) in [5.41, 5.74) is 3.40. The molecule has 0 bridgehead atoms. The molecule has 1 aromatic carbocycles. The third kappa shape index (κ3) is 7.18. The van der Waals surface area contributed by atoms with Gasteiger partial charge in [0.15, 0.2) is 11.5 Å². The molecular weight excluding hydrogens is 518 g/mol. The van der Waals surface area contributed by atoms with Gasteiger partial charge in [0, 0.05) is 30.2 Å². The molecule has 0 spiro atoms. The number of nitrogens with zero attached hydrogens (tertiary/aromatic N) is 3. The summed E-state index contributed by atoms with van der Waals surface area (Å²) in [6.45, 7) is -5.22. The first-order chi connectivity index (χ1) is 18.7. The van der Waals surface area contributed by atoms with Gasteiger partial charge < -0.3 is 46.0 Å². The smallest absolute Gasteiger partial charge is 0.550 e. The SMILES string of the molecule is [2H]C1Nc2nc(N)[nH]c(=O)c2N(C=O)C1([2H])C([2H])([2H])N(C=O)c1ccc(C(=O)N[C@@H](CCC(=O)[O-])C(=O)[O-])cc1.[Ca+2]. The van der Waals surface area contributed by atoms with Crippen molar-refractivity contribution in [1.29, 1.82) is 0 Å². The van der Waals surface area contributed by atoms with Crippen molar-refractivity contribution in [3.05, 3.63) is 40.2 Å². The summed E-state index contributed by atoms with van der Waals surface area (Å²) in [5, 5.41) is 26.2. The van der Waals surface area contributed by atoms with Crippen LogP contribution in [0.3, 0.4) is 0 Å². The van der Waals surface area contributed by atoms with Crippen molar-refractivity contribution in [2.75, 3.05) is 33.9 Å². The van der Waals surface area contributed by atoms with Gasteiger partial charge in [-0.15, -0.1) is 0 Å². The van der Waals surface area contributed by atoms with Crippen molar-refractivity contribution in [3.63, 3.8) is 0 Å². The Bertz CT molecular complexity index is 1410. The number of nitrogen functional groups attached to an aromatic ring is 1. The summed E-state index contributed by atoms with van der Waals surface area (Å²) in [6.07, 6.45) is -1.28. The van der Waals surface area contributed by atoms with Gasteiger partial charge in [0.2, 0.25) is 18.8 Å². The molecule has 37 heavy (non-hydrogen) atoms. The number of H-pyrrole nitrogens is 1. The summed E-state index contributed by atoms with van der Waals surface area (Å²) < 4.78 is 34.5. The van der Waals surface area contributed by atoms with Crippen molar-refractivity contribution in [2.45, 2.75) is 24.9 Å². The zero-order valence-electron chi connectivity index (χ0n) is 22.9. The predicted molar refractivity (Wildman–Crippen MR) is 126 cm³/mol. The number of hydrogen-bond donors (Lipinski definition) is 4. The van der Waals surface area contributed by atoms with Crippen LogP contribution in [0, 0.1) is 0 Å². The van der Waals surface area contributed by atoms with Gasteiger partial charge in [-0.25, -0.2) is 0 Å². The molecule has 5 N–H and O–H groups in total. The van der Waals surface area contributed by atoms with Crippen molar-refractivity contribution in [2.24, 2.45) is 0 Å². The first kappa shape index (κ1) is 23.7. The molecule has 1 aliphatic rings. The number of fused-ring (bicyclic) bond motifs is 1. The van der Waals surface area contributed by atoms with E-state index in [0.717, 1.165) is 24.3 Å². The van der Waals surface area contributed by atoms with Crippen LogP contribution in [0.15, 0.2) is 29.1 Å². The molecule has 0 radical (unpaired) electrons. The molecule has 0 saturated heterocycles. The molecule has 0 fully saturated rings. The number of carbonyl (C=O) groups excluding carboxylic acids is 5. The van der Waals surface area contributed by atoms with Crippen molar-refractivity contribution < 1.29 is 39.7 Å². The van der Waals surface area contributed by atoms with Crippen molar-refractivity contribution >= 4 is 91.5 Å². The van der Waals surface area contributed by atoms with E-state index in [1.807, 2.05) is 0 Å². The van der Waals surface area contributed by atoms with Crippen LogP contribution < -0.4 is 41.9 Å². The van der Waals surface area contributed by atoms with Gasteiger partial charge in [0.1, 0.15) is 0 Å². The maximum Gasteiger partial charge on any atom is 2.00 e. The van der Waals surface area contributed by atoms with Crippen molar-refractivity contribution in [1.82, 2.24) is 15.3 Å². The van der Waals surface area contributed by atoms with Crippen LogP contribution in [0.5, 0.6) is 0 Å². The minimum atomic E-state index is -3.21. The quantitative estimate of drug-likeness (QED) is 0.156. The van der Waals surface area contributed by atoms with Crippen LogP contribution in [0.25, 0.3) is 0 Å². The Morgan fingerprint density at radius 1 is 1.35 bits per heavy atom. The molecule has 2 unspecified atom stereocenters. The first-order valence-electron chi connectivity index (χ1n) is 12.2. The molecule has 2 aromatic rings. The van der Waals surface area contributed by atoms with Crippen LogP contribution in [0.1, 0.15) is 28.7 Å². The van der Waals surface area contributed by atoms with Crippen LogP contribution in [-0.2, 0) is 19.2 Å². The van der Waals surface area contributed by atoms with Gasteiger partial charge in [0.25, 0.3) is 11.5 Å². The number of hydrogen-bond acceptors (Lipinski definition) is 11. The largest absolute Gasteiger partial charge is 2.00 e. The number of carboxylic acid groups (broad SMARTS) is 2. The molecule has 3 amide bonds. The van der Waals surface area contributed by atoms with Gasteiger partial charge in [-0.2, -0.15) is 4.98 Å². The molecule has 16 heteroatoms. The van der Waals surface area contributed by atoms with Gasteiger partial charge >= 0.3 is 37.7 Å². The van der Waals surface area contributed by atoms with E-state index in [9.17, 15) is 39.0 Å². The summed E-state index contributed by atoms with van der Waals surface area (Å²) in [5.74, 6) is -4.98. The fourth-order valence-corrected chi connectivity index (χ4v) is 3.13. The predicted octanol–water partition coefficient (Wildman–Crippen LogP) is -4.23. The van der Waals surface area contributed by atoms with Gasteiger partial charge in [0.05, 0.1) is 23.5 Å². The molecule has 3 rings (SSSR count). The Morgan fingerprint density at radius 3 is 2.59 bits per heavy atom. The van der Waals surface area contributed by atoms with E-state index in [0.29, 0.717) is 9.80 Å². The Hall–Kier alpha value is -3.69. The average molecular weight is 544 g/mol. The fraction of sp³-hybridized carbons (Fsp3) is 0.286. The number of benzene rings is 1. The number of aromatic nitrogens is 2. The molecule has 0 aliphatic carbocycles. The number of rotatable bonds is 11. The van der Waals surface area contributed by atoms with Gasteiger partial charge in [-0.1, -0.05) is 0 Å². The third-order valence-electron chi connectivity index (χ3n) is 4.84. The topological polar surface area (TPSA) is 234 Å². The number of carboxylic acids is 2. The average Bonchev–Trinajstić information content (AvgIpc) is 2.87. The molecule has 2 heterocycles. The van der Waals surface area contributed by atoms with E-state index in [4.69, 9.17) is 11.2 Å². The summed E-state index contributed by atoms with van der Waals surface area (Å²) in [4.78, 5) is 77.4. The third-order valence-corrected chi connectivity index (χ3v) is 4.84. The number of nitrogens with one attached hydrogen (secondary N) is 3. The number of aromatic amines is 1. The van der Waals surface area contributed by atoms with Crippen LogP contribution >= 0.6 is 0 Å². The Morgan fingerprint density at radius 2 is 2.03 bits per heavy atom. The Balaban J connectivity index is 0.00000588. The maximum atomic E-state index is 12.5. The molecule has 3 atom stereocenters. The monoisotopic (exact) mass is 543 g/mol. The summed E-state index contributed by atoms with van der Waals surface area (Å²) >= 11 is 0.